The smallest absolute Gasteiger partial charge is 0.331 e. The van der Waals surface area contributed by atoms with E-state index in [1.807, 2.05) is 0 Å². The molecule has 23 heavy (non-hydrogen) atoms. The molecule has 0 radical (unpaired) electrons. The summed E-state index contributed by atoms with van der Waals surface area (Å²) in [7, 11) is 0. The van der Waals surface area contributed by atoms with Crippen LogP contribution in [-0.2, 0) is 14.3 Å². The van der Waals surface area contributed by atoms with Crippen LogP contribution in [0, 0.1) is 5.82 Å². The molecule has 4 nitrogen and oxygen atoms in total. The van der Waals surface area contributed by atoms with E-state index in [4.69, 9.17) is 16.3 Å². The largest absolute Gasteiger partial charge is 0.452 e. The molecule has 0 unspecified atom stereocenters. The third kappa shape index (κ3) is 5.67. The summed E-state index contributed by atoms with van der Waals surface area (Å²) in [6, 6.07) is 4.41. The summed E-state index contributed by atoms with van der Waals surface area (Å²) in [5.74, 6) is -1.57. The van der Waals surface area contributed by atoms with Crippen molar-refractivity contribution in [3.05, 3.63) is 40.7 Å². The number of benzene rings is 1. The number of esters is 1. The first-order chi connectivity index (χ1) is 11.1. The minimum atomic E-state index is -0.719. The molecular weight excluding hydrogens is 321 g/mol. The maximum Gasteiger partial charge on any atom is 0.331 e. The minimum Gasteiger partial charge on any atom is -0.452 e. The fourth-order valence-electron chi connectivity index (χ4n) is 2.52. The van der Waals surface area contributed by atoms with E-state index in [1.165, 1.54) is 30.7 Å². The van der Waals surface area contributed by atoms with Crippen LogP contribution in [0.1, 0.15) is 37.7 Å². The second-order valence-corrected chi connectivity index (χ2v) is 5.89. The lowest BCUT2D eigenvalue weighted by Crippen LogP contribution is -2.38. The number of carbonyl (C=O) groups excluding carboxylic acids is 2. The number of halogens is 2. The fraction of sp³-hybridized carbons (Fsp3) is 0.412. The predicted molar refractivity (Wildman–Crippen MR) is 86.4 cm³/mol. The lowest BCUT2D eigenvalue weighted by molar-refractivity contribution is -0.144. The number of rotatable bonds is 5. The summed E-state index contributed by atoms with van der Waals surface area (Å²) >= 11 is 5.84. The molecule has 124 valence electrons. The first-order valence-corrected chi connectivity index (χ1v) is 8.02. The molecule has 0 heterocycles. The highest BCUT2D eigenvalue weighted by atomic mass is 35.5. The molecule has 1 amide bonds. The van der Waals surface area contributed by atoms with Gasteiger partial charge >= 0.3 is 5.97 Å². The Balaban J connectivity index is 1.78. The Morgan fingerprint density at radius 2 is 2.04 bits per heavy atom. The number of amides is 1. The molecule has 1 fully saturated rings. The van der Waals surface area contributed by atoms with Gasteiger partial charge in [-0.1, -0.05) is 36.9 Å². The molecule has 1 N–H and O–H groups in total. The first-order valence-electron chi connectivity index (χ1n) is 7.64. The molecule has 1 aromatic rings. The van der Waals surface area contributed by atoms with Gasteiger partial charge in [-0.05, 0) is 31.1 Å². The van der Waals surface area contributed by atoms with Crippen molar-refractivity contribution in [2.75, 3.05) is 6.61 Å². The molecule has 0 aliphatic heterocycles. The Morgan fingerprint density at radius 3 is 2.74 bits per heavy atom. The second kappa shape index (κ2) is 8.67. The second-order valence-electron chi connectivity index (χ2n) is 5.48. The topological polar surface area (TPSA) is 55.4 Å². The maximum atomic E-state index is 13.5. The summed E-state index contributed by atoms with van der Waals surface area (Å²) in [6.07, 6.45) is 7.63. The summed E-state index contributed by atoms with van der Waals surface area (Å²) in [5, 5.41) is 3.04. The highest BCUT2D eigenvalue weighted by Gasteiger charge is 2.16. The molecule has 1 aromatic carbocycles. The van der Waals surface area contributed by atoms with E-state index in [0.29, 0.717) is 0 Å². The lowest BCUT2D eigenvalue weighted by atomic mass is 9.95. The van der Waals surface area contributed by atoms with Crippen LogP contribution in [0.25, 0.3) is 6.08 Å². The van der Waals surface area contributed by atoms with Crippen molar-refractivity contribution in [3.8, 4) is 0 Å². The minimum absolute atomic E-state index is 0.109. The number of ether oxygens (including phenoxy) is 1. The Morgan fingerprint density at radius 1 is 1.30 bits per heavy atom. The molecule has 0 spiro atoms. The lowest BCUT2D eigenvalue weighted by Gasteiger charge is -2.22. The van der Waals surface area contributed by atoms with Gasteiger partial charge in [0.1, 0.15) is 5.82 Å². The van der Waals surface area contributed by atoms with Crippen molar-refractivity contribution < 1.29 is 18.7 Å². The summed E-state index contributed by atoms with van der Waals surface area (Å²) in [6.45, 7) is -0.343. The van der Waals surface area contributed by atoms with Gasteiger partial charge in [0, 0.05) is 17.7 Å². The SMILES string of the molecule is O=C(COC(=O)/C=C/c1c(F)cccc1Cl)NC1CCCCC1. The van der Waals surface area contributed by atoms with E-state index in [1.54, 1.807) is 0 Å². The van der Waals surface area contributed by atoms with Crippen molar-refractivity contribution in [2.45, 2.75) is 38.1 Å². The van der Waals surface area contributed by atoms with Crippen LogP contribution in [0.2, 0.25) is 5.02 Å². The Bertz CT molecular complexity index is 577. The van der Waals surface area contributed by atoms with E-state index in [2.05, 4.69) is 5.32 Å². The van der Waals surface area contributed by atoms with Crippen LogP contribution in [0.15, 0.2) is 24.3 Å². The third-order valence-electron chi connectivity index (χ3n) is 3.70. The molecule has 0 saturated heterocycles. The van der Waals surface area contributed by atoms with E-state index in [-0.39, 0.29) is 29.1 Å². The number of nitrogens with one attached hydrogen (secondary N) is 1. The van der Waals surface area contributed by atoms with Crippen LogP contribution >= 0.6 is 11.6 Å². The highest BCUT2D eigenvalue weighted by Crippen LogP contribution is 2.20. The highest BCUT2D eigenvalue weighted by molar-refractivity contribution is 6.32. The molecule has 0 aromatic heterocycles. The zero-order valence-corrected chi connectivity index (χ0v) is 13.4. The summed E-state index contributed by atoms with van der Waals surface area (Å²) in [4.78, 5) is 23.3. The molecule has 2 rings (SSSR count). The Kier molecular flexibility index (Phi) is 6.59. The van der Waals surface area contributed by atoms with Gasteiger partial charge in [0.25, 0.3) is 5.91 Å². The van der Waals surface area contributed by atoms with Crippen molar-refractivity contribution in [1.82, 2.24) is 5.32 Å². The Labute approximate surface area is 139 Å². The van der Waals surface area contributed by atoms with Crippen molar-refractivity contribution in [3.63, 3.8) is 0 Å². The normalized spacial score (nSPS) is 15.6. The van der Waals surface area contributed by atoms with E-state index in [9.17, 15) is 14.0 Å². The van der Waals surface area contributed by atoms with Gasteiger partial charge in [-0.2, -0.15) is 0 Å². The number of hydrogen-bond donors (Lipinski definition) is 1. The summed E-state index contributed by atoms with van der Waals surface area (Å²) < 4.78 is 18.4. The zero-order chi connectivity index (χ0) is 16.7. The van der Waals surface area contributed by atoms with Gasteiger partial charge in [-0.25, -0.2) is 9.18 Å². The Hall–Kier alpha value is -1.88. The van der Waals surface area contributed by atoms with Crippen LogP contribution < -0.4 is 5.32 Å². The van der Waals surface area contributed by atoms with Crippen LogP contribution in [-0.4, -0.2) is 24.5 Å². The van der Waals surface area contributed by atoms with Crippen molar-refractivity contribution >= 4 is 29.6 Å². The van der Waals surface area contributed by atoms with Gasteiger partial charge in [0.15, 0.2) is 6.61 Å². The van der Waals surface area contributed by atoms with Gasteiger partial charge in [0.05, 0.1) is 5.02 Å². The number of carbonyl (C=O) groups is 2. The predicted octanol–water partition coefficient (Wildman–Crippen LogP) is 3.48. The molecule has 1 aliphatic carbocycles. The average molecular weight is 340 g/mol. The molecule has 6 heteroatoms. The molecule has 1 aliphatic rings. The molecular formula is C17H19ClFNO3. The van der Waals surface area contributed by atoms with Crippen LogP contribution in [0.3, 0.4) is 0 Å². The fourth-order valence-corrected chi connectivity index (χ4v) is 2.75. The van der Waals surface area contributed by atoms with Gasteiger partial charge in [-0.3, -0.25) is 4.79 Å². The molecule has 1 saturated carbocycles. The van der Waals surface area contributed by atoms with Gasteiger partial charge in [0.2, 0.25) is 0 Å². The molecule has 0 bridgehead atoms. The quantitative estimate of drug-likeness (QED) is 0.660. The zero-order valence-electron chi connectivity index (χ0n) is 12.7. The summed E-state index contributed by atoms with van der Waals surface area (Å²) in [5.41, 5.74) is 0.109. The molecule has 0 atom stereocenters. The van der Waals surface area contributed by atoms with Crippen molar-refractivity contribution in [1.29, 1.82) is 0 Å². The van der Waals surface area contributed by atoms with Gasteiger partial charge < -0.3 is 10.1 Å². The average Bonchev–Trinajstić information content (AvgIpc) is 2.53. The van der Waals surface area contributed by atoms with Crippen LogP contribution in [0.5, 0.6) is 0 Å². The maximum absolute atomic E-state index is 13.5. The van der Waals surface area contributed by atoms with E-state index < -0.39 is 11.8 Å². The van der Waals surface area contributed by atoms with Gasteiger partial charge in [-0.15, -0.1) is 0 Å². The standard InChI is InChI=1S/C17H19ClFNO3/c18-14-7-4-8-15(19)13(14)9-10-17(22)23-11-16(21)20-12-5-2-1-3-6-12/h4,7-10,12H,1-3,5-6,11H2,(H,20,21)/b10-9+. The van der Waals surface area contributed by atoms with Crippen molar-refractivity contribution in [2.24, 2.45) is 0 Å². The third-order valence-corrected chi connectivity index (χ3v) is 4.03. The number of hydrogen-bond acceptors (Lipinski definition) is 3. The van der Waals surface area contributed by atoms with E-state index >= 15 is 0 Å². The van der Waals surface area contributed by atoms with E-state index in [0.717, 1.165) is 31.8 Å². The van der Waals surface area contributed by atoms with Crippen LogP contribution in [0.4, 0.5) is 4.39 Å². The monoisotopic (exact) mass is 339 g/mol. The first kappa shape index (κ1) is 17.5.